The lowest BCUT2D eigenvalue weighted by molar-refractivity contribution is 0.592. The number of fused-ring (bicyclic) bond motifs is 24. The van der Waals surface area contributed by atoms with Gasteiger partial charge in [0, 0.05) is 114 Å². The van der Waals surface area contributed by atoms with E-state index in [1.165, 1.54) is 0 Å². The summed E-state index contributed by atoms with van der Waals surface area (Å²) in [6, 6.07) is 129. The van der Waals surface area contributed by atoms with Crippen LogP contribution in [0.3, 0.4) is 0 Å². The van der Waals surface area contributed by atoms with E-state index in [1.54, 1.807) is 0 Å². The van der Waals surface area contributed by atoms with E-state index in [0.717, 1.165) is 196 Å². The molecule has 117 heavy (non-hydrogen) atoms. The van der Waals surface area contributed by atoms with Gasteiger partial charge in [-0.1, -0.05) is 322 Å². The highest BCUT2D eigenvalue weighted by Gasteiger charge is 2.46. The number of hydrogen-bond donors (Lipinski definition) is 0. The van der Waals surface area contributed by atoms with Crippen LogP contribution in [0.15, 0.2) is 395 Å². The van der Waals surface area contributed by atoms with E-state index in [1.807, 2.05) is 243 Å². The lowest BCUT2D eigenvalue weighted by atomic mass is 10.0. The molecule has 3 unspecified atom stereocenters. The monoisotopic (exact) mass is 1550 g/mol. The Bertz CT molecular complexity index is 8070. The van der Waals surface area contributed by atoms with Crippen molar-refractivity contribution >= 4 is 167 Å². The molecule has 11 nitrogen and oxygen atoms in total. The Balaban J connectivity index is 0.000000104. The first-order valence-corrected chi connectivity index (χ1v) is 44.2. The van der Waals surface area contributed by atoms with Crippen LogP contribution in [0.4, 0.5) is 0 Å². The molecule has 3 aliphatic rings. The van der Waals surface area contributed by atoms with Gasteiger partial charge in [-0.25, -0.2) is 19.9 Å². The van der Waals surface area contributed by atoms with Crippen LogP contribution >= 0.6 is 21.4 Å². The van der Waals surface area contributed by atoms with Gasteiger partial charge in [0.2, 0.25) is 11.9 Å². The number of benzene rings is 16. The van der Waals surface area contributed by atoms with Gasteiger partial charge >= 0.3 is 0 Å². The second kappa shape index (κ2) is 26.7. The average molecular weight is 1560 g/mol. The van der Waals surface area contributed by atoms with Crippen LogP contribution in [0, 0.1) is 0 Å². The van der Waals surface area contributed by atoms with E-state index in [-0.39, 0.29) is 0 Å². The van der Waals surface area contributed by atoms with Gasteiger partial charge in [-0.05, 0) is 94.0 Å². The second-order valence-electron chi connectivity index (χ2n) is 29.8. The summed E-state index contributed by atoms with van der Waals surface area (Å²) in [5, 5.41) is 17.4. The molecule has 0 saturated heterocycles. The molecule has 0 amide bonds. The molecule has 0 bridgehead atoms. The van der Waals surface area contributed by atoms with Crippen LogP contribution in [0.2, 0.25) is 0 Å². The van der Waals surface area contributed by atoms with Crippen molar-refractivity contribution in [3.63, 3.8) is 0 Å². The highest BCUT2D eigenvalue weighted by molar-refractivity contribution is 7.88. The van der Waals surface area contributed by atoms with Crippen molar-refractivity contribution in [3.8, 4) is 62.2 Å². The zero-order valence-electron chi connectivity index (χ0n) is 62.7. The quantitative estimate of drug-likeness (QED) is 0.144. The fourth-order valence-electron chi connectivity index (χ4n) is 18.8. The molecule has 550 valence electrons. The minimum atomic E-state index is -3.18. The van der Waals surface area contributed by atoms with E-state index in [9.17, 15) is 0 Å². The molecule has 3 atom stereocenters. The van der Waals surface area contributed by atoms with Crippen molar-refractivity contribution in [1.82, 2.24) is 38.6 Å². The molecule has 16 aromatic carbocycles. The lowest BCUT2D eigenvalue weighted by Gasteiger charge is -2.17. The summed E-state index contributed by atoms with van der Waals surface area (Å²) in [6.07, 6.45) is 3.72. The number of para-hydroxylation sites is 6. The van der Waals surface area contributed by atoms with Gasteiger partial charge in [-0.3, -0.25) is 14.1 Å². The van der Waals surface area contributed by atoms with Gasteiger partial charge in [0.05, 0.1) is 61.0 Å². The zero-order chi connectivity index (χ0) is 77.7. The molecule has 22 aromatic rings. The molecule has 0 radical (unpaired) electrons. The third-order valence-electron chi connectivity index (χ3n) is 23.7. The largest absolute Gasteiger partial charge is 0.309 e. The predicted molar refractivity (Wildman–Crippen MR) is 484 cm³/mol. The molecule has 0 N–H and O–H groups in total. The van der Waals surface area contributed by atoms with Crippen molar-refractivity contribution in [1.29, 1.82) is 0 Å². The van der Waals surface area contributed by atoms with Crippen molar-refractivity contribution in [2.75, 3.05) is 0 Å². The first-order chi connectivity index (χ1) is 57.7. The molecule has 14 heteroatoms. The smallest absolute Gasteiger partial charge is 0.235 e. The third kappa shape index (κ3) is 10.1. The second-order valence-corrected chi connectivity index (χ2v) is 37.8. The molecule has 0 aliphatic carbocycles. The Morgan fingerprint density at radius 3 is 1.13 bits per heavy atom. The maximum absolute atomic E-state index is 15.6. The van der Waals surface area contributed by atoms with Crippen LogP contribution in [-0.2, 0) is 13.7 Å². The maximum Gasteiger partial charge on any atom is 0.235 e. The van der Waals surface area contributed by atoms with E-state index in [4.69, 9.17) is 24.9 Å². The van der Waals surface area contributed by atoms with Gasteiger partial charge in [-0.2, -0.15) is 0 Å². The number of hydrogen-bond acceptors (Lipinski definition) is 8. The topological polar surface area (TPSA) is 130 Å². The summed E-state index contributed by atoms with van der Waals surface area (Å²) in [5.41, 5.74) is 17.9. The normalized spacial score (nSPS) is 16.1. The predicted octanol–water partition coefficient (Wildman–Crippen LogP) is 21.3. The first-order valence-electron chi connectivity index (χ1n) is 39.1. The number of aromatic nitrogens is 8. The van der Waals surface area contributed by atoms with Gasteiger partial charge in [-0.15, -0.1) is 0 Å². The molecule has 3 aliphatic heterocycles. The Morgan fingerprint density at radius 1 is 0.248 bits per heavy atom. The zero-order valence-corrected chi connectivity index (χ0v) is 65.4. The number of rotatable bonds is 7. The minimum Gasteiger partial charge on any atom is -0.309 e. The molecule has 0 fully saturated rings. The van der Waals surface area contributed by atoms with Crippen LogP contribution in [0.25, 0.3) is 160 Å². The summed E-state index contributed by atoms with van der Waals surface area (Å²) in [5.74, 6) is 1.20. The van der Waals surface area contributed by atoms with Gasteiger partial charge in [0.1, 0.15) is 0 Å². The molecule has 9 heterocycles. The van der Waals surface area contributed by atoms with E-state index in [2.05, 4.69) is 165 Å². The molecule has 6 aromatic heterocycles. The molecular formula is C103H65N8O3P3. The average Bonchev–Trinajstić information content (AvgIpc) is 1.54. The standard InChI is InChI=1S/C38H24N3OP.C33H21N2OP.C32H20N3OP/c42-43(26-15-5-2-6-16-26)34-22-12-9-17-27(34)28-23-24-33-35(37(28)43)30-19-8-11-21-32(30)41(33)38-39-31-20-10-7-18-29(31)36(40-38)25-13-3-1-4-14-25;36-37(23-12-2-1-3-13-23)30-18-7-5-14-24(30)25-19-20-28-31(33(25)37)26-15-4-6-16-27(26)35(28)29-17-8-10-22-11-9-21-34-32(22)29;36-37(22-11-2-1-3-12-22)29-17-9-6-13-23(29)24-18-19-28-30(31(24)37)25-14-5-8-16-27(25)35(28)32-33-20-21-10-4-7-15-26(21)34-32/h1-24H;1-21H;1-20H. The van der Waals surface area contributed by atoms with Crippen molar-refractivity contribution in [2.45, 2.75) is 0 Å². The molecule has 0 spiro atoms. The fraction of sp³-hybridized carbons (Fsp3) is 0. The van der Waals surface area contributed by atoms with Gasteiger partial charge in [0.15, 0.2) is 21.4 Å². The maximum atomic E-state index is 15.6. The number of nitrogens with zero attached hydrogens (tertiary/aromatic N) is 8. The summed E-state index contributed by atoms with van der Waals surface area (Å²) >= 11 is 0. The van der Waals surface area contributed by atoms with Gasteiger partial charge in [0.25, 0.3) is 0 Å². The first kappa shape index (κ1) is 68.3. The highest BCUT2D eigenvalue weighted by Crippen LogP contribution is 2.59. The van der Waals surface area contributed by atoms with Crippen LogP contribution < -0.4 is 47.7 Å². The third-order valence-corrected chi connectivity index (χ3v) is 33.3. The van der Waals surface area contributed by atoms with E-state index < -0.39 is 21.4 Å². The molecule has 0 saturated carbocycles. The molecule has 25 rings (SSSR count). The van der Waals surface area contributed by atoms with Gasteiger partial charge < -0.3 is 18.3 Å². The van der Waals surface area contributed by atoms with Crippen molar-refractivity contribution in [3.05, 3.63) is 395 Å². The van der Waals surface area contributed by atoms with Crippen molar-refractivity contribution in [2.24, 2.45) is 0 Å². The Morgan fingerprint density at radius 2 is 0.624 bits per heavy atom. The van der Waals surface area contributed by atoms with E-state index >= 15 is 13.7 Å². The van der Waals surface area contributed by atoms with Crippen LogP contribution in [0.1, 0.15) is 0 Å². The lowest BCUT2D eigenvalue weighted by Crippen LogP contribution is -2.21. The van der Waals surface area contributed by atoms with Crippen LogP contribution in [0.5, 0.6) is 0 Å². The number of pyridine rings is 1. The Kier molecular flexibility index (Phi) is 15.6. The van der Waals surface area contributed by atoms with E-state index in [0.29, 0.717) is 11.9 Å². The highest BCUT2D eigenvalue weighted by atomic mass is 31.2. The SMILES string of the molecule is O=P1(c2ccccc2)c2ccccc2-c2ccc3c(c21)c1ccccc1n3-c1cccc2cccnc12.O=P1(c2ccccc2)c2ccccc2-c2ccc3c(c21)c1ccccc1n3-c1nc(-c2ccccc2)c2ccccc2n1.O=P1(c2ccccc2)c2ccccc2-c2ccc3c(c21)c1ccccc1n3-c1ncc2ccccc2n1. The molecular weight excluding hydrogens is 1490 g/mol. The summed E-state index contributed by atoms with van der Waals surface area (Å²) in [4.78, 5) is 24.8. The van der Waals surface area contributed by atoms with Crippen molar-refractivity contribution < 1.29 is 13.7 Å². The minimum absolute atomic E-state index is 0.591. The van der Waals surface area contributed by atoms with Crippen LogP contribution in [-0.4, -0.2) is 38.6 Å². The Hall–Kier alpha value is -14.3. The summed E-state index contributed by atoms with van der Waals surface area (Å²) in [6.45, 7) is 0. The Labute approximate surface area is 671 Å². The fourth-order valence-corrected chi connectivity index (χ4v) is 28.6. The summed E-state index contributed by atoms with van der Waals surface area (Å²) < 4.78 is 53.0. The summed E-state index contributed by atoms with van der Waals surface area (Å²) in [7, 11) is -9.41.